The maximum atomic E-state index is 11.5. The van der Waals surface area contributed by atoms with Crippen LogP contribution in [0.3, 0.4) is 0 Å². The standard InChI is InChI=1S/C20H26N4O2/c21-20(26)19-17(8-4-9-18(19)25)22-10-5-11-23-12-14-24(15-13-23)16-6-2-1-3-7-16/h1-4,6-9,22,25H,5,10-15H2,(H2,21,26). The minimum absolute atomic E-state index is 0.0838. The van der Waals surface area contributed by atoms with Gasteiger partial charge in [0.15, 0.2) is 0 Å². The lowest BCUT2D eigenvalue weighted by atomic mass is 10.1. The fourth-order valence-electron chi connectivity index (χ4n) is 3.34. The smallest absolute Gasteiger partial charge is 0.254 e. The summed E-state index contributed by atoms with van der Waals surface area (Å²) in [6.07, 6.45) is 0.958. The Hall–Kier alpha value is -2.73. The minimum Gasteiger partial charge on any atom is -0.507 e. The highest BCUT2D eigenvalue weighted by Crippen LogP contribution is 2.24. The van der Waals surface area contributed by atoms with Gasteiger partial charge in [-0.25, -0.2) is 0 Å². The van der Waals surface area contributed by atoms with Crippen LogP contribution in [-0.2, 0) is 0 Å². The first-order valence-corrected chi connectivity index (χ1v) is 9.03. The molecular formula is C20H26N4O2. The van der Waals surface area contributed by atoms with E-state index in [9.17, 15) is 9.90 Å². The molecule has 0 aliphatic carbocycles. The van der Waals surface area contributed by atoms with Gasteiger partial charge in [0, 0.05) is 38.4 Å². The zero-order chi connectivity index (χ0) is 18.4. The normalized spacial score (nSPS) is 15.0. The third-order valence-electron chi connectivity index (χ3n) is 4.75. The van der Waals surface area contributed by atoms with E-state index in [1.54, 1.807) is 12.1 Å². The maximum Gasteiger partial charge on any atom is 0.254 e. The highest BCUT2D eigenvalue weighted by Gasteiger charge is 2.17. The van der Waals surface area contributed by atoms with E-state index >= 15 is 0 Å². The van der Waals surface area contributed by atoms with Gasteiger partial charge in [-0.1, -0.05) is 24.3 Å². The molecule has 0 bridgehead atoms. The van der Waals surface area contributed by atoms with Crippen molar-refractivity contribution in [2.24, 2.45) is 5.73 Å². The van der Waals surface area contributed by atoms with Gasteiger partial charge >= 0.3 is 0 Å². The lowest BCUT2D eigenvalue weighted by Crippen LogP contribution is -2.46. The molecule has 0 saturated carbocycles. The minimum atomic E-state index is -0.623. The summed E-state index contributed by atoms with van der Waals surface area (Å²) in [5.74, 6) is -0.706. The van der Waals surface area contributed by atoms with Crippen molar-refractivity contribution in [3.63, 3.8) is 0 Å². The van der Waals surface area contributed by atoms with E-state index in [1.165, 1.54) is 11.8 Å². The molecule has 1 heterocycles. The molecule has 1 fully saturated rings. The van der Waals surface area contributed by atoms with Crippen molar-refractivity contribution in [2.75, 3.05) is 49.5 Å². The summed E-state index contributed by atoms with van der Waals surface area (Å²) in [7, 11) is 0. The van der Waals surface area contributed by atoms with E-state index in [2.05, 4.69) is 39.4 Å². The Balaban J connectivity index is 1.42. The number of nitrogens with one attached hydrogen (secondary N) is 1. The van der Waals surface area contributed by atoms with Gasteiger partial charge in [0.1, 0.15) is 11.3 Å². The second kappa shape index (κ2) is 8.58. The van der Waals surface area contributed by atoms with Crippen molar-refractivity contribution in [1.82, 2.24) is 4.90 Å². The van der Waals surface area contributed by atoms with Crippen LogP contribution in [0.25, 0.3) is 0 Å². The Bertz CT molecular complexity index is 728. The van der Waals surface area contributed by atoms with Gasteiger partial charge in [-0.2, -0.15) is 0 Å². The number of primary amides is 1. The Morgan fingerprint density at radius 2 is 1.77 bits per heavy atom. The van der Waals surface area contributed by atoms with Crippen molar-refractivity contribution >= 4 is 17.3 Å². The molecule has 1 aliphatic heterocycles. The van der Waals surface area contributed by atoms with Crippen molar-refractivity contribution in [3.8, 4) is 5.75 Å². The Morgan fingerprint density at radius 3 is 2.46 bits per heavy atom. The van der Waals surface area contributed by atoms with Crippen LogP contribution in [0.2, 0.25) is 0 Å². The number of hydrogen-bond donors (Lipinski definition) is 3. The van der Waals surface area contributed by atoms with Crippen LogP contribution in [0.15, 0.2) is 48.5 Å². The molecule has 3 rings (SSSR count). The molecule has 2 aromatic carbocycles. The second-order valence-corrected chi connectivity index (χ2v) is 6.51. The number of amides is 1. The van der Waals surface area contributed by atoms with E-state index < -0.39 is 5.91 Å². The molecule has 1 amide bonds. The molecule has 138 valence electrons. The number of para-hydroxylation sites is 1. The molecule has 1 saturated heterocycles. The van der Waals surface area contributed by atoms with Gasteiger partial charge in [-0.05, 0) is 37.2 Å². The topological polar surface area (TPSA) is 81.8 Å². The molecule has 0 radical (unpaired) electrons. The summed E-state index contributed by atoms with van der Waals surface area (Å²) in [4.78, 5) is 16.4. The van der Waals surface area contributed by atoms with E-state index in [4.69, 9.17) is 5.73 Å². The molecule has 0 atom stereocenters. The Labute approximate surface area is 154 Å². The van der Waals surface area contributed by atoms with E-state index in [1.807, 2.05) is 6.07 Å². The van der Waals surface area contributed by atoms with Crippen molar-refractivity contribution < 1.29 is 9.90 Å². The van der Waals surface area contributed by atoms with Crippen LogP contribution >= 0.6 is 0 Å². The van der Waals surface area contributed by atoms with Crippen LogP contribution in [-0.4, -0.2) is 55.2 Å². The Morgan fingerprint density at radius 1 is 1.04 bits per heavy atom. The number of piperazine rings is 1. The van der Waals surface area contributed by atoms with E-state index in [0.717, 1.165) is 45.7 Å². The third kappa shape index (κ3) is 4.46. The zero-order valence-electron chi connectivity index (χ0n) is 14.9. The number of carbonyl (C=O) groups excluding carboxylic acids is 1. The first kappa shape index (κ1) is 18.1. The zero-order valence-corrected chi connectivity index (χ0v) is 14.9. The maximum absolute atomic E-state index is 11.5. The molecule has 6 heteroatoms. The fraction of sp³-hybridized carbons (Fsp3) is 0.350. The number of hydrogen-bond acceptors (Lipinski definition) is 5. The highest BCUT2D eigenvalue weighted by atomic mass is 16.3. The molecule has 4 N–H and O–H groups in total. The SMILES string of the molecule is NC(=O)c1c(O)cccc1NCCCN1CCN(c2ccccc2)CC1. The van der Waals surface area contributed by atoms with Crippen LogP contribution in [0.5, 0.6) is 5.75 Å². The van der Waals surface area contributed by atoms with Gasteiger partial charge in [0.2, 0.25) is 0 Å². The monoisotopic (exact) mass is 354 g/mol. The Kier molecular flexibility index (Phi) is 5.96. The second-order valence-electron chi connectivity index (χ2n) is 6.51. The number of carbonyl (C=O) groups is 1. The molecular weight excluding hydrogens is 328 g/mol. The first-order valence-electron chi connectivity index (χ1n) is 9.03. The van der Waals surface area contributed by atoms with Gasteiger partial charge < -0.3 is 21.1 Å². The van der Waals surface area contributed by atoms with Gasteiger partial charge in [-0.3, -0.25) is 9.69 Å². The van der Waals surface area contributed by atoms with Crippen molar-refractivity contribution in [1.29, 1.82) is 0 Å². The first-order chi connectivity index (χ1) is 12.6. The summed E-state index contributed by atoms with van der Waals surface area (Å²) < 4.78 is 0. The highest BCUT2D eigenvalue weighted by molar-refractivity contribution is 6.01. The summed E-state index contributed by atoms with van der Waals surface area (Å²) in [6.45, 7) is 5.90. The number of nitrogens with zero attached hydrogens (tertiary/aromatic N) is 2. The summed E-state index contributed by atoms with van der Waals surface area (Å²) in [5.41, 5.74) is 7.38. The fourth-order valence-corrected chi connectivity index (χ4v) is 3.34. The number of aromatic hydroxyl groups is 1. The third-order valence-corrected chi connectivity index (χ3v) is 4.75. The molecule has 0 unspecified atom stereocenters. The van der Waals surface area contributed by atoms with Crippen molar-refractivity contribution in [3.05, 3.63) is 54.1 Å². The number of anilines is 2. The van der Waals surface area contributed by atoms with Gasteiger partial charge in [0.05, 0.1) is 5.69 Å². The molecule has 0 spiro atoms. The molecule has 26 heavy (non-hydrogen) atoms. The summed E-state index contributed by atoms with van der Waals surface area (Å²) in [6, 6.07) is 15.5. The number of nitrogens with two attached hydrogens (primary N) is 1. The molecule has 1 aliphatic rings. The number of benzene rings is 2. The molecule has 6 nitrogen and oxygen atoms in total. The summed E-state index contributed by atoms with van der Waals surface area (Å²) in [5, 5.41) is 13.0. The largest absolute Gasteiger partial charge is 0.507 e. The molecule has 2 aromatic rings. The average molecular weight is 354 g/mol. The van der Waals surface area contributed by atoms with Gasteiger partial charge in [-0.15, -0.1) is 0 Å². The van der Waals surface area contributed by atoms with E-state index in [-0.39, 0.29) is 11.3 Å². The lowest BCUT2D eigenvalue weighted by Gasteiger charge is -2.36. The quantitative estimate of drug-likeness (QED) is 0.664. The number of rotatable bonds is 7. The lowest BCUT2D eigenvalue weighted by molar-refractivity contribution is 0.0998. The predicted molar refractivity (Wildman–Crippen MR) is 105 cm³/mol. The van der Waals surface area contributed by atoms with Crippen LogP contribution < -0.4 is 16.0 Å². The van der Waals surface area contributed by atoms with Crippen molar-refractivity contribution in [2.45, 2.75) is 6.42 Å². The van der Waals surface area contributed by atoms with Crippen LogP contribution in [0, 0.1) is 0 Å². The summed E-state index contributed by atoms with van der Waals surface area (Å²) >= 11 is 0. The predicted octanol–water partition coefficient (Wildman–Crippen LogP) is 2.12. The van der Waals surface area contributed by atoms with E-state index in [0.29, 0.717) is 5.69 Å². The van der Waals surface area contributed by atoms with Gasteiger partial charge in [0.25, 0.3) is 5.91 Å². The van der Waals surface area contributed by atoms with Crippen LogP contribution in [0.1, 0.15) is 16.8 Å². The van der Waals surface area contributed by atoms with Crippen LogP contribution in [0.4, 0.5) is 11.4 Å². The molecule has 0 aromatic heterocycles. The average Bonchev–Trinajstić information content (AvgIpc) is 2.66. The number of phenols is 1.